The minimum Gasteiger partial charge on any atom is -0.241 e. The van der Waals surface area contributed by atoms with Crippen LogP contribution in [0.3, 0.4) is 0 Å². The van der Waals surface area contributed by atoms with E-state index in [1.807, 2.05) is 29.6 Å². The summed E-state index contributed by atoms with van der Waals surface area (Å²) >= 11 is 17.4. The van der Waals surface area contributed by atoms with Gasteiger partial charge in [-0.3, -0.25) is 0 Å². The summed E-state index contributed by atoms with van der Waals surface area (Å²) in [5.41, 5.74) is 3.87. The summed E-state index contributed by atoms with van der Waals surface area (Å²) in [6, 6.07) is 7.64. The van der Waals surface area contributed by atoms with Crippen LogP contribution in [0.1, 0.15) is 0 Å². The zero-order valence-electron chi connectivity index (χ0n) is 9.85. The molecule has 0 spiro atoms. The van der Waals surface area contributed by atoms with Gasteiger partial charge in [0.05, 0.1) is 11.1 Å². The third-order valence-corrected chi connectivity index (χ3v) is 4.28. The maximum atomic E-state index is 6.25. The van der Waals surface area contributed by atoms with Crippen molar-refractivity contribution in [1.82, 2.24) is 15.0 Å². The second kappa shape index (κ2) is 5.77. The second-order valence-corrected chi connectivity index (χ2v) is 6.23. The fourth-order valence-electron chi connectivity index (χ4n) is 1.70. The van der Waals surface area contributed by atoms with Crippen molar-refractivity contribution in [1.29, 1.82) is 0 Å². The van der Waals surface area contributed by atoms with E-state index in [9.17, 15) is 0 Å². The third-order valence-electron chi connectivity index (χ3n) is 2.62. The fraction of sp³-hybridized carbons (Fsp3) is 0. The Bertz CT molecular complexity index is 722. The molecule has 100 valence electrons. The number of hydrogen-bond donors (Lipinski definition) is 0. The summed E-state index contributed by atoms with van der Waals surface area (Å²) in [7, 11) is 0. The van der Waals surface area contributed by atoms with E-state index < -0.39 is 0 Å². The topological polar surface area (TPSA) is 38.7 Å². The Kier molecular flexibility index (Phi) is 4.03. The van der Waals surface area contributed by atoms with Crippen LogP contribution in [-0.4, -0.2) is 15.0 Å². The van der Waals surface area contributed by atoms with Crippen molar-refractivity contribution in [2.75, 3.05) is 0 Å². The van der Waals surface area contributed by atoms with E-state index in [-0.39, 0.29) is 0 Å². The first kappa shape index (κ1) is 13.9. The molecule has 20 heavy (non-hydrogen) atoms. The standard InChI is InChI=1S/C13H6BrCl2N3S/c14-8-3-1-7(2-4-8)10-11(15)18-13(19-12(10)16)9-5-20-6-17-9/h1-6H. The average molecular weight is 387 g/mol. The SMILES string of the molecule is Clc1nc(-c2cscn2)nc(Cl)c1-c1ccc(Br)cc1. The van der Waals surface area contributed by atoms with E-state index in [4.69, 9.17) is 23.2 Å². The van der Waals surface area contributed by atoms with Gasteiger partial charge in [-0.2, -0.15) is 0 Å². The molecule has 0 amide bonds. The van der Waals surface area contributed by atoms with E-state index in [0.717, 1.165) is 10.0 Å². The Morgan fingerprint density at radius 3 is 2.20 bits per heavy atom. The van der Waals surface area contributed by atoms with E-state index in [2.05, 4.69) is 30.9 Å². The molecule has 0 bridgehead atoms. The van der Waals surface area contributed by atoms with Crippen molar-refractivity contribution >= 4 is 50.5 Å². The predicted octanol–water partition coefficient (Wildman–Crippen LogP) is 5.34. The Labute approximate surface area is 137 Å². The molecule has 3 aromatic rings. The number of hydrogen-bond acceptors (Lipinski definition) is 4. The quantitative estimate of drug-likeness (QED) is 0.558. The number of rotatable bonds is 2. The first-order chi connectivity index (χ1) is 9.65. The van der Waals surface area contributed by atoms with Crippen molar-refractivity contribution in [3.05, 3.63) is 49.9 Å². The van der Waals surface area contributed by atoms with Crippen LogP contribution in [0.4, 0.5) is 0 Å². The molecule has 2 aromatic heterocycles. The number of nitrogens with zero attached hydrogens (tertiary/aromatic N) is 3. The number of benzene rings is 1. The molecule has 0 atom stereocenters. The molecule has 7 heteroatoms. The zero-order valence-corrected chi connectivity index (χ0v) is 13.8. The van der Waals surface area contributed by atoms with Gasteiger partial charge < -0.3 is 0 Å². The van der Waals surface area contributed by atoms with Gasteiger partial charge in [-0.15, -0.1) is 11.3 Å². The lowest BCUT2D eigenvalue weighted by Gasteiger charge is -2.07. The van der Waals surface area contributed by atoms with Crippen molar-refractivity contribution in [2.45, 2.75) is 0 Å². The molecule has 1 aromatic carbocycles. The normalized spacial score (nSPS) is 10.8. The van der Waals surface area contributed by atoms with Gasteiger partial charge in [0.15, 0.2) is 5.82 Å². The molecule has 0 fully saturated rings. The smallest absolute Gasteiger partial charge is 0.181 e. The van der Waals surface area contributed by atoms with Gasteiger partial charge in [0.1, 0.15) is 16.0 Å². The second-order valence-electron chi connectivity index (χ2n) is 3.88. The van der Waals surface area contributed by atoms with Gasteiger partial charge in [0.2, 0.25) is 0 Å². The highest BCUT2D eigenvalue weighted by Gasteiger charge is 2.15. The molecule has 2 heterocycles. The Balaban J connectivity index is 2.11. The largest absolute Gasteiger partial charge is 0.241 e. The summed E-state index contributed by atoms with van der Waals surface area (Å²) < 4.78 is 0.980. The van der Waals surface area contributed by atoms with Gasteiger partial charge in [-0.1, -0.05) is 51.3 Å². The summed E-state index contributed by atoms with van der Waals surface area (Å²) in [5.74, 6) is 0.433. The first-order valence-corrected chi connectivity index (χ1v) is 8.02. The summed E-state index contributed by atoms with van der Waals surface area (Å²) in [6.07, 6.45) is 0. The van der Waals surface area contributed by atoms with Crippen LogP contribution in [0.2, 0.25) is 10.3 Å². The molecule has 0 saturated heterocycles. The monoisotopic (exact) mass is 385 g/mol. The third kappa shape index (κ3) is 2.72. The molecule has 3 nitrogen and oxygen atoms in total. The average Bonchev–Trinajstić information content (AvgIpc) is 2.94. The van der Waals surface area contributed by atoms with Crippen molar-refractivity contribution in [2.24, 2.45) is 0 Å². The molecule has 0 saturated carbocycles. The molecule has 0 unspecified atom stereocenters. The molecule has 0 N–H and O–H groups in total. The van der Waals surface area contributed by atoms with Crippen LogP contribution in [0.25, 0.3) is 22.6 Å². The van der Waals surface area contributed by atoms with Crippen molar-refractivity contribution in [3.63, 3.8) is 0 Å². The lowest BCUT2D eigenvalue weighted by molar-refractivity contribution is 1.15. The van der Waals surface area contributed by atoms with Gasteiger partial charge in [0.25, 0.3) is 0 Å². The van der Waals surface area contributed by atoms with Crippen LogP contribution in [0.5, 0.6) is 0 Å². The fourth-order valence-corrected chi connectivity index (χ4v) is 3.10. The minimum absolute atomic E-state index is 0.315. The maximum Gasteiger partial charge on any atom is 0.181 e. The number of halogens is 3. The highest BCUT2D eigenvalue weighted by atomic mass is 79.9. The Hall–Kier alpha value is -1.01. The first-order valence-electron chi connectivity index (χ1n) is 5.52. The van der Waals surface area contributed by atoms with Crippen LogP contribution in [0, 0.1) is 0 Å². The summed E-state index contributed by atoms with van der Waals surface area (Å²) in [4.78, 5) is 12.7. The van der Waals surface area contributed by atoms with E-state index in [1.165, 1.54) is 11.3 Å². The van der Waals surface area contributed by atoms with E-state index in [1.54, 1.807) is 5.51 Å². The van der Waals surface area contributed by atoms with E-state index >= 15 is 0 Å². The highest BCUT2D eigenvalue weighted by Crippen LogP contribution is 2.34. The van der Waals surface area contributed by atoms with Crippen LogP contribution in [0.15, 0.2) is 39.6 Å². The van der Waals surface area contributed by atoms with Gasteiger partial charge in [-0.25, -0.2) is 15.0 Å². The zero-order chi connectivity index (χ0) is 14.1. The molecule has 0 aliphatic rings. The molecule has 3 rings (SSSR count). The van der Waals surface area contributed by atoms with Crippen LogP contribution >= 0.6 is 50.5 Å². The molecule has 0 aliphatic heterocycles. The molecular weight excluding hydrogens is 381 g/mol. The molecule has 0 radical (unpaired) electrons. The Morgan fingerprint density at radius 2 is 1.65 bits per heavy atom. The van der Waals surface area contributed by atoms with Crippen LogP contribution in [-0.2, 0) is 0 Å². The lowest BCUT2D eigenvalue weighted by Crippen LogP contribution is -1.94. The van der Waals surface area contributed by atoms with Gasteiger partial charge >= 0.3 is 0 Å². The van der Waals surface area contributed by atoms with Gasteiger partial charge in [-0.05, 0) is 17.7 Å². The summed E-state index contributed by atoms with van der Waals surface area (Å²) in [5, 5.41) is 2.48. The lowest BCUT2D eigenvalue weighted by atomic mass is 10.1. The minimum atomic E-state index is 0.315. The molecule has 0 aliphatic carbocycles. The Morgan fingerprint density at radius 1 is 1.00 bits per heavy atom. The highest BCUT2D eigenvalue weighted by molar-refractivity contribution is 9.10. The summed E-state index contributed by atoms with van der Waals surface area (Å²) in [6.45, 7) is 0. The van der Waals surface area contributed by atoms with Gasteiger partial charge in [0, 0.05) is 9.85 Å². The number of aromatic nitrogens is 3. The maximum absolute atomic E-state index is 6.25. The molecular formula is C13H6BrCl2N3S. The van der Waals surface area contributed by atoms with E-state index in [0.29, 0.717) is 27.4 Å². The predicted molar refractivity (Wildman–Crippen MR) is 86.3 cm³/mol. The van der Waals surface area contributed by atoms with Crippen LogP contribution < -0.4 is 0 Å². The van der Waals surface area contributed by atoms with Crippen molar-refractivity contribution < 1.29 is 0 Å². The number of thiazole rings is 1. The van der Waals surface area contributed by atoms with Crippen molar-refractivity contribution in [3.8, 4) is 22.6 Å².